The number of amides is 1. The molecule has 138 valence electrons. The van der Waals surface area contributed by atoms with Crippen LogP contribution in [0.3, 0.4) is 0 Å². The van der Waals surface area contributed by atoms with Gasteiger partial charge < -0.3 is 10.2 Å². The highest BCUT2D eigenvalue weighted by Gasteiger charge is 2.29. The van der Waals surface area contributed by atoms with Gasteiger partial charge in [0.1, 0.15) is 0 Å². The Morgan fingerprint density at radius 3 is 2.77 bits per heavy atom. The number of thioether (sulfide) groups is 1. The van der Waals surface area contributed by atoms with E-state index >= 15 is 0 Å². The number of anilines is 2. The lowest BCUT2D eigenvalue weighted by atomic mass is 10.1. The first-order chi connectivity index (χ1) is 12.7. The topological polar surface area (TPSA) is 75.9 Å². The van der Waals surface area contributed by atoms with Crippen LogP contribution in [0.1, 0.15) is 45.1 Å². The number of para-hydroxylation sites is 2. The molecule has 1 aromatic carbocycles. The maximum absolute atomic E-state index is 12.7. The van der Waals surface area contributed by atoms with E-state index in [1.165, 1.54) is 31.0 Å². The van der Waals surface area contributed by atoms with Crippen molar-refractivity contribution in [2.75, 3.05) is 23.3 Å². The molecule has 0 spiro atoms. The van der Waals surface area contributed by atoms with E-state index in [2.05, 4.69) is 31.8 Å². The van der Waals surface area contributed by atoms with E-state index in [1.807, 2.05) is 29.8 Å². The molecule has 1 unspecified atom stereocenters. The predicted molar refractivity (Wildman–Crippen MR) is 103 cm³/mol. The number of aromatic nitrogens is 4. The van der Waals surface area contributed by atoms with Crippen LogP contribution in [0.25, 0.3) is 0 Å². The highest BCUT2D eigenvalue weighted by molar-refractivity contribution is 8.00. The van der Waals surface area contributed by atoms with Gasteiger partial charge in [0, 0.05) is 13.1 Å². The Morgan fingerprint density at radius 1 is 1.23 bits per heavy atom. The first kappa shape index (κ1) is 17.3. The number of hydrogen-bond donors (Lipinski definition) is 1. The smallest absolute Gasteiger partial charge is 0.237 e. The molecular weight excluding hydrogens is 348 g/mol. The zero-order valence-corrected chi connectivity index (χ0v) is 15.8. The average molecular weight is 372 g/mol. The van der Waals surface area contributed by atoms with Gasteiger partial charge in [-0.05, 0) is 61.6 Å². The van der Waals surface area contributed by atoms with E-state index in [-0.39, 0.29) is 11.2 Å². The van der Waals surface area contributed by atoms with Crippen LogP contribution in [-0.2, 0) is 4.79 Å². The van der Waals surface area contributed by atoms with Gasteiger partial charge in [-0.15, -0.1) is 5.10 Å². The number of benzene rings is 1. The van der Waals surface area contributed by atoms with Gasteiger partial charge in [0.15, 0.2) is 0 Å². The third-order valence-electron chi connectivity index (χ3n) is 4.87. The highest BCUT2D eigenvalue weighted by Crippen LogP contribution is 2.37. The monoisotopic (exact) mass is 372 g/mol. The Labute approximate surface area is 157 Å². The quantitative estimate of drug-likeness (QED) is 0.785. The Morgan fingerprint density at radius 2 is 2.00 bits per heavy atom. The maximum Gasteiger partial charge on any atom is 0.237 e. The number of carbonyl (C=O) groups is 1. The number of piperidine rings is 1. The lowest BCUT2D eigenvalue weighted by molar-refractivity contribution is -0.115. The van der Waals surface area contributed by atoms with Gasteiger partial charge in [0.25, 0.3) is 0 Å². The first-order valence-electron chi connectivity index (χ1n) is 9.32. The van der Waals surface area contributed by atoms with Crippen LogP contribution in [-0.4, -0.2) is 44.5 Å². The summed E-state index contributed by atoms with van der Waals surface area (Å²) in [7, 11) is 0. The SMILES string of the molecule is CC(Sc1nnnn1C1CC1)C(=O)Nc1ccccc1N1CCCCC1. The van der Waals surface area contributed by atoms with Crippen molar-refractivity contribution in [2.45, 2.75) is 55.5 Å². The van der Waals surface area contributed by atoms with Gasteiger partial charge >= 0.3 is 0 Å². The van der Waals surface area contributed by atoms with Gasteiger partial charge in [-0.2, -0.15) is 0 Å². The van der Waals surface area contributed by atoms with Crippen molar-refractivity contribution >= 4 is 29.0 Å². The molecule has 1 saturated heterocycles. The average Bonchev–Trinajstić information content (AvgIpc) is 3.42. The van der Waals surface area contributed by atoms with Crippen molar-refractivity contribution in [3.05, 3.63) is 24.3 Å². The highest BCUT2D eigenvalue weighted by atomic mass is 32.2. The van der Waals surface area contributed by atoms with E-state index in [0.717, 1.165) is 42.5 Å². The molecular formula is C18H24N6OS. The van der Waals surface area contributed by atoms with Crippen LogP contribution in [0.2, 0.25) is 0 Å². The molecule has 2 heterocycles. The van der Waals surface area contributed by atoms with E-state index in [4.69, 9.17) is 0 Å². The second-order valence-electron chi connectivity index (χ2n) is 6.95. The van der Waals surface area contributed by atoms with Crippen LogP contribution in [0, 0.1) is 0 Å². The van der Waals surface area contributed by atoms with E-state index in [0.29, 0.717) is 6.04 Å². The molecule has 1 N–H and O–H groups in total. The van der Waals surface area contributed by atoms with Crippen molar-refractivity contribution < 1.29 is 4.79 Å². The number of nitrogens with zero attached hydrogens (tertiary/aromatic N) is 5. The fourth-order valence-corrected chi connectivity index (χ4v) is 4.11. The van der Waals surface area contributed by atoms with E-state index < -0.39 is 0 Å². The first-order valence-corrected chi connectivity index (χ1v) is 10.2. The lowest BCUT2D eigenvalue weighted by Crippen LogP contribution is -2.31. The van der Waals surface area contributed by atoms with E-state index in [1.54, 1.807) is 0 Å². The van der Waals surface area contributed by atoms with Gasteiger partial charge in [0.2, 0.25) is 11.1 Å². The van der Waals surface area contributed by atoms with Crippen LogP contribution in [0.15, 0.2) is 29.4 Å². The molecule has 2 aliphatic rings. The summed E-state index contributed by atoms with van der Waals surface area (Å²) in [6.45, 7) is 4.00. The molecule has 2 fully saturated rings. The molecule has 1 atom stereocenters. The van der Waals surface area contributed by atoms with Crippen molar-refractivity contribution in [2.24, 2.45) is 0 Å². The summed E-state index contributed by atoms with van der Waals surface area (Å²) in [5.74, 6) is -0.0233. The van der Waals surface area contributed by atoms with Gasteiger partial charge in [-0.3, -0.25) is 4.79 Å². The summed E-state index contributed by atoms with van der Waals surface area (Å²) >= 11 is 1.42. The van der Waals surface area contributed by atoms with Crippen molar-refractivity contribution in [1.29, 1.82) is 0 Å². The van der Waals surface area contributed by atoms with Gasteiger partial charge in [-0.1, -0.05) is 23.9 Å². The van der Waals surface area contributed by atoms with Crippen LogP contribution >= 0.6 is 11.8 Å². The minimum absolute atomic E-state index is 0.0233. The fraction of sp³-hybridized carbons (Fsp3) is 0.556. The standard InChI is InChI=1S/C18H24N6OS/c1-13(26-18-20-21-22-24(18)14-9-10-14)17(25)19-15-7-3-4-8-16(15)23-11-5-2-6-12-23/h3-4,7-8,13-14H,2,5-6,9-12H2,1H3,(H,19,25). The van der Waals surface area contributed by atoms with Gasteiger partial charge in [0.05, 0.1) is 22.7 Å². The number of hydrogen-bond acceptors (Lipinski definition) is 6. The lowest BCUT2D eigenvalue weighted by Gasteiger charge is -2.30. The van der Waals surface area contributed by atoms with Crippen LogP contribution in [0.5, 0.6) is 0 Å². The Bertz CT molecular complexity index is 769. The normalized spacial score (nSPS) is 18.6. The molecule has 1 aliphatic carbocycles. The largest absolute Gasteiger partial charge is 0.370 e. The molecule has 1 aliphatic heterocycles. The molecule has 8 heteroatoms. The molecule has 2 aromatic rings. The van der Waals surface area contributed by atoms with E-state index in [9.17, 15) is 4.79 Å². The summed E-state index contributed by atoms with van der Waals surface area (Å²) in [5.41, 5.74) is 1.99. The Hall–Kier alpha value is -2.09. The van der Waals surface area contributed by atoms with Crippen molar-refractivity contribution in [1.82, 2.24) is 20.2 Å². The molecule has 26 heavy (non-hydrogen) atoms. The van der Waals surface area contributed by atoms with Crippen LogP contribution < -0.4 is 10.2 Å². The molecule has 0 radical (unpaired) electrons. The summed E-state index contributed by atoms with van der Waals surface area (Å²) in [5, 5.41) is 15.4. The Balaban J connectivity index is 1.43. The number of nitrogens with one attached hydrogen (secondary N) is 1. The molecule has 1 aromatic heterocycles. The zero-order valence-electron chi connectivity index (χ0n) is 15.0. The van der Waals surface area contributed by atoms with Crippen LogP contribution in [0.4, 0.5) is 11.4 Å². The number of tetrazole rings is 1. The molecule has 4 rings (SSSR count). The summed E-state index contributed by atoms with van der Waals surface area (Å²) in [6.07, 6.45) is 5.93. The Kier molecular flexibility index (Phi) is 5.10. The minimum atomic E-state index is -0.270. The summed E-state index contributed by atoms with van der Waals surface area (Å²) < 4.78 is 1.84. The third kappa shape index (κ3) is 3.85. The van der Waals surface area contributed by atoms with Crippen molar-refractivity contribution in [3.63, 3.8) is 0 Å². The predicted octanol–water partition coefficient (Wildman–Crippen LogP) is 3.12. The summed E-state index contributed by atoms with van der Waals surface area (Å²) in [6, 6.07) is 8.47. The van der Waals surface area contributed by atoms with Crippen molar-refractivity contribution in [3.8, 4) is 0 Å². The maximum atomic E-state index is 12.7. The zero-order chi connectivity index (χ0) is 17.9. The summed E-state index contributed by atoms with van der Waals surface area (Å²) in [4.78, 5) is 15.1. The minimum Gasteiger partial charge on any atom is -0.370 e. The fourth-order valence-electron chi connectivity index (χ4n) is 3.25. The second-order valence-corrected chi connectivity index (χ2v) is 8.26. The third-order valence-corrected chi connectivity index (χ3v) is 5.91. The molecule has 0 bridgehead atoms. The second kappa shape index (κ2) is 7.65. The molecule has 1 saturated carbocycles. The van der Waals surface area contributed by atoms with Gasteiger partial charge in [-0.25, -0.2) is 4.68 Å². The number of carbonyl (C=O) groups excluding carboxylic acids is 1. The number of rotatable bonds is 6. The molecule has 1 amide bonds. The molecule has 7 nitrogen and oxygen atoms in total.